The van der Waals surface area contributed by atoms with Crippen molar-refractivity contribution in [3.05, 3.63) is 0 Å². The summed E-state index contributed by atoms with van der Waals surface area (Å²) in [5.41, 5.74) is -0.725. The van der Waals surface area contributed by atoms with Gasteiger partial charge in [-0.2, -0.15) is 0 Å². The Morgan fingerprint density at radius 3 is 2.71 bits per heavy atom. The molecule has 0 aromatic carbocycles. The number of hydrogen-bond donors (Lipinski definition) is 1. The first-order valence-corrected chi connectivity index (χ1v) is 6.56. The highest BCUT2D eigenvalue weighted by Gasteiger charge is 2.40. The second-order valence-electron chi connectivity index (χ2n) is 5.50. The molecule has 0 spiro atoms. The maximum atomic E-state index is 11.5. The molecule has 1 rings (SSSR count). The minimum atomic E-state index is -0.725. The van der Waals surface area contributed by atoms with Gasteiger partial charge in [-0.25, -0.2) is 0 Å². The van der Waals surface area contributed by atoms with Crippen LogP contribution in [-0.4, -0.2) is 59.6 Å². The van der Waals surface area contributed by atoms with E-state index in [9.17, 15) is 9.90 Å². The average molecular weight is 242 g/mol. The topological polar surface area (TPSA) is 43.8 Å². The minimum absolute atomic E-state index is 0.362. The summed E-state index contributed by atoms with van der Waals surface area (Å²) in [4.78, 5) is 15.9. The van der Waals surface area contributed by atoms with E-state index in [4.69, 9.17) is 0 Å². The molecule has 2 atom stereocenters. The number of rotatable bonds is 5. The Morgan fingerprint density at radius 2 is 2.24 bits per heavy atom. The molecule has 0 aromatic heterocycles. The zero-order valence-corrected chi connectivity index (χ0v) is 11.6. The Labute approximate surface area is 105 Å². The molecular formula is C13H26N2O2. The van der Waals surface area contributed by atoms with Gasteiger partial charge in [-0.3, -0.25) is 9.69 Å². The quantitative estimate of drug-likeness (QED) is 0.796. The van der Waals surface area contributed by atoms with E-state index in [0.29, 0.717) is 12.5 Å². The summed E-state index contributed by atoms with van der Waals surface area (Å²) in [6, 6.07) is 0.362. The summed E-state index contributed by atoms with van der Waals surface area (Å²) in [7, 11) is 4.07. The summed E-state index contributed by atoms with van der Waals surface area (Å²) in [6.45, 7) is 6.00. The number of carboxylic acids is 1. The average Bonchev–Trinajstić information content (AvgIpc) is 2.28. The molecule has 100 valence electrons. The Morgan fingerprint density at radius 1 is 1.59 bits per heavy atom. The third-order valence-corrected chi connectivity index (χ3v) is 4.12. The van der Waals surface area contributed by atoms with E-state index in [1.54, 1.807) is 0 Å². The third-order valence-electron chi connectivity index (χ3n) is 4.12. The van der Waals surface area contributed by atoms with Crippen LogP contribution in [0.15, 0.2) is 0 Å². The molecule has 0 aliphatic carbocycles. The number of piperidine rings is 1. The summed E-state index contributed by atoms with van der Waals surface area (Å²) in [6.07, 6.45) is 3.87. The van der Waals surface area contributed by atoms with Crippen molar-refractivity contribution < 1.29 is 9.90 Å². The van der Waals surface area contributed by atoms with Crippen molar-refractivity contribution in [2.45, 2.75) is 51.1 Å². The number of aliphatic carboxylic acids is 1. The van der Waals surface area contributed by atoms with Crippen LogP contribution in [0.2, 0.25) is 0 Å². The van der Waals surface area contributed by atoms with E-state index in [-0.39, 0.29) is 0 Å². The monoisotopic (exact) mass is 242 g/mol. The molecule has 1 saturated heterocycles. The largest absolute Gasteiger partial charge is 0.480 e. The highest BCUT2D eigenvalue weighted by Crippen LogP contribution is 2.26. The predicted molar refractivity (Wildman–Crippen MR) is 69.2 cm³/mol. The van der Waals surface area contributed by atoms with Crippen molar-refractivity contribution in [2.24, 2.45) is 0 Å². The van der Waals surface area contributed by atoms with E-state index >= 15 is 0 Å². The second kappa shape index (κ2) is 5.83. The highest BCUT2D eigenvalue weighted by molar-refractivity contribution is 5.78. The molecule has 0 amide bonds. The molecule has 0 bridgehead atoms. The van der Waals surface area contributed by atoms with Crippen LogP contribution < -0.4 is 0 Å². The Kier molecular flexibility index (Phi) is 4.95. The molecule has 4 heteroatoms. The fourth-order valence-corrected chi connectivity index (χ4v) is 2.78. The minimum Gasteiger partial charge on any atom is -0.480 e. The van der Waals surface area contributed by atoms with Crippen LogP contribution in [0, 0.1) is 0 Å². The Balaban J connectivity index is 2.76. The lowest BCUT2D eigenvalue weighted by Crippen LogP contribution is -2.58. The van der Waals surface area contributed by atoms with Crippen molar-refractivity contribution in [3.63, 3.8) is 0 Å². The molecule has 1 N–H and O–H groups in total. The lowest BCUT2D eigenvalue weighted by Gasteiger charge is -2.44. The van der Waals surface area contributed by atoms with E-state index in [2.05, 4.69) is 16.8 Å². The van der Waals surface area contributed by atoms with Gasteiger partial charge >= 0.3 is 5.97 Å². The maximum absolute atomic E-state index is 11.5. The van der Waals surface area contributed by atoms with Gasteiger partial charge in [-0.15, -0.1) is 0 Å². The standard InChI is InChI=1S/C13H26N2O2/c1-5-8-13(2,12(16)17)15(4)11-7-6-9-14(3)10-11/h11H,5-10H2,1-4H3,(H,16,17). The summed E-state index contributed by atoms with van der Waals surface area (Å²) < 4.78 is 0. The molecule has 17 heavy (non-hydrogen) atoms. The molecule has 0 aromatic rings. The zero-order valence-electron chi connectivity index (χ0n) is 11.6. The molecule has 1 aliphatic rings. The maximum Gasteiger partial charge on any atom is 0.323 e. The number of nitrogens with zero attached hydrogens (tertiary/aromatic N) is 2. The first-order chi connectivity index (χ1) is 7.91. The van der Waals surface area contributed by atoms with Gasteiger partial charge in [-0.05, 0) is 46.8 Å². The number of carboxylic acid groups (broad SMARTS) is 1. The summed E-state index contributed by atoms with van der Waals surface area (Å²) >= 11 is 0. The summed E-state index contributed by atoms with van der Waals surface area (Å²) in [5, 5.41) is 9.48. The number of carbonyl (C=O) groups is 1. The second-order valence-corrected chi connectivity index (χ2v) is 5.50. The molecule has 2 unspecified atom stereocenters. The van der Waals surface area contributed by atoms with Crippen LogP contribution in [0.4, 0.5) is 0 Å². The lowest BCUT2D eigenvalue weighted by atomic mass is 9.91. The SMILES string of the molecule is CCCC(C)(C(=O)O)N(C)C1CCCN(C)C1. The fourth-order valence-electron chi connectivity index (χ4n) is 2.78. The van der Waals surface area contributed by atoms with Crippen LogP contribution >= 0.6 is 0 Å². The third kappa shape index (κ3) is 3.19. The van der Waals surface area contributed by atoms with Gasteiger partial charge in [0.25, 0.3) is 0 Å². The normalized spacial score (nSPS) is 25.8. The van der Waals surface area contributed by atoms with E-state index in [1.807, 2.05) is 20.9 Å². The molecule has 1 aliphatic heterocycles. The summed E-state index contributed by atoms with van der Waals surface area (Å²) in [5.74, 6) is -0.699. The van der Waals surface area contributed by atoms with Gasteiger partial charge in [0.05, 0.1) is 0 Å². The zero-order chi connectivity index (χ0) is 13.1. The van der Waals surface area contributed by atoms with Crippen molar-refractivity contribution in [3.8, 4) is 0 Å². The van der Waals surface area contributed by atoms with Gasteiger partial charge in [0.15, 0.2) is 0 Å². The molecule has 1 fully saturated rings. The van der Waals surface area contributed by atoms with Crippen LogP contribution in [-0.2, 0) is 4.79 Å². The predicted octanol–water partition coefficient (Wildman–Crippen LogP) is 1.66. The smallest absolute Gasteiger partial charge is 0.323 e. The first kappa shape index (κ1) is 14.5. The molecular weight excluding hydrogens is 216 g/mol. The van der Waals surface area contributed by atoms with Crippen molar-refractivity contribution >= 4 is 5.97 Å². The van der Waals surface area contributed by atoms with Gasteiger partial charge in [-0.1, -0.05) is 13.3 Å². The molecule has 1 heterocycles. The van der Waals surface area contributed by atoms with Crippen molar-refractivity contribution in [1.82, 2.24) is 9.80 Å². The van der Waals surface area contributed by atoms with Crippen LogP contribution in [0.25, 0.3) is 0 Å². The number of likely N-dealkylation sites (N-methyl/N-ethyl adjacent to an activating group) is 2. The van der Waals surface area contributed by atoms with Crippen LogP contribution in [0.5, 0.6) is 0 Å². The van der Waals surface area contributed by atoms with E-state index in [0.717, 1.165) is 32.4 Å². The Hall–Kier alpha value is -0.610. The molecule has 0 saturated carbocycles. The number of hydrogen-bond acceptors (Lipinski definition) is 3. The van der Waals surface area contributed by atoms with Gasteiger partial charge in [0.1, 0.15) is 5.54 Å². The lowest BCUT2D eigenvalue weighted by molar-refractivity contribution is -0.152. The van der Waals surface area contributed by atoms with Crippen molar-refractivity contribution in [1.29, 1.82) is 0 Å². The molecule has 4 nitrogen and oxygen atoms in total. The van der Waals surface area contributed by atoms with Crippen LogP contribution in [0.1, 0.15) is 39.5 Å². The van der Waals surface area contributed by atoms with Gasteiger partial charge in [0, 0.05) is 12.6 Å². The highest BCUT2D eigenvalue weighted by atomic mass is 16.4. The van der Waals surface area contributed by atoms with Crippen molar-refractivity contribution in [2.75, 3.05) is 27.2 Å². The molecule has 0 radical (unpaired) electrons. The van der Waals surface area contributed by atoms with E-state index in [1.165, 1.54) is 0 Å². The first-order valence-electron chi connectivity index (χ1n) is 6.56. The fraction of sp³-hybridized carbons (Fsp3) is 0.923. The van der Waals surface area contributed by atoms with E-state index < -0.39 is 11.5 Å². The van der Waals surface area contributed by atoms with Gasteiger partial charge < -0.3 is 10.0 Å². The number of likely N-dealkylation sites (tertiary alicyclic amines) is 1. The van der Waals surface area contributed by atoms with Gasteiger partial charge in [0.2, 0.25) is 0 Å². The van der Waals surface area contributed by atoms with Crippen LogP contribution in [0.3, 0.4) is 0 Å². The Bertz CT molecular complexity index is 270.